The van der Waals surface area contributed by atoms with Gasteiger partial charge in [-0.25, -0.2) is 9.18 Å². The number of rotatable bonds is 5. The highest BCUT2D eigenvalue weighted by atomic mass is 19.1. The molecule has 0 aromatic heterocycles. The van der Waals surface area contributed by atoms with Crippen LogP contribution in [0.3, 0.4) is 0 Å². The number of nitrogens with zero attached hydrogens (tertiary/aromatic N) is 3. The van der Waals surface area contributed by atoms with Gasteiger partial charge in [-0.1, -0.05) is 12.1 Å². The van der Waals surface area contributed by atoms with Gasteiger partial charge in [0.1, 0.15) is 5.82 Å². The van der Waals surface area contributed by atoms with Crippen molar-refractivity contribution in [2.24, 2.45) is 5.92 Å². The molecule has 1 aromatic rings. The monoisotopic (exact) mass is 333 g/mol. The minimum atomic E-state index is -0.991. The van der Waals surface area contributed by atoms with E-state index < -0.39 is 11.8 Å². The van der Waals surface area contributed by atoms with E-state index in [9.17, 15) is 14.0 Å². The van der Waals surface area contributed by atoms with Crippen molar-refractivity contribution in [3.05, 3.63) is 35.6 Å². The Balaban J connectivity index is 2.06. The zero-order chi connectivity index (χ0) is 17.5. The number of carbonyl (C=O) groups is 2. The topological polar surface area (TPSA) is 84.6 Å². The number of carbonyl (C=O) groups excluding carboxylic acids is 1. The molecule has 0 unspecified atom stereocenters. The Kier molecular flexibility index (Phi) is 6.13. The summed E-state index contributed by atoms with van der Waals surface area (Å²) in [6, 6.07) is 7.86. The summed E-state index contributed by atoms with van der Waals surface area (Å²) in [6.45, 7) is 1.17. The summed E-state index contributed by atoms with van der Waals surface area (Å²) in [5.74, 6) is -1.42. The van der Waals surface area contributed by atoms with Crippen LogP contribution in [0.25, 0.3) is 0 Å². The number of piperidine rings is 1. The molecular formula is C17H20FN3O3. The maximum atomic E-state index is 13.3. The Labute approximate surface area is 140 Å². The first kappa shape index (κ1) is 17.7. The number of amides is 2. The molecule has 0 bridgehead atoms. The zero-order valence-corrected chi connectivity index (χ0v) is 13.3. The Morgan fingerprint density at radius 1 is 1.38 bits per heavy atom. The van der Waals surface area contributed by atoms with Crippen molar-refractivity contribution in [3.63, 3.8) is 0 Å². The van der Waals surface area contributed by atoms with Crippen LogP contribution in [0.2, 0.25) is 0 Å². The lowest BCUT2D eigenvalue weighted by atomic mass is 9.99. The van der Waals surface area contributed by atoms with Crippen LogP contribution in [-0.2, 0) is 11.3 Å². The first-order valence-corrected chi connectivity index (χ1v) is 7.89. The molecule has 7 heteroatoms. The van der Waals surface area contributed by atoms with Crippen LogP contribution >= 0.6 is 0 Å². The molecule has 1 fully saturated rings. The van der Waals surface area contributed by atoms with Crippen LogP contribution < -0.4 is 0 Å². The van der Waals surface area contributed by atoms with Crippen molar-refractivity contribution in [1.82, 2.24) is 9.80 Å². The van der Waals surface area contributed by atoms with Gasteiger partial charge in [-0.2, -0.15) is 5.26 Å². The minimum absolute atomic E-state index is 0.0373. The Hall–Kier alpha value is -2.62. The second-order valence-corrected chi connectivity index (χ2v) is 5.87. The van der Waals surface area contributed by atoms with Gasteiger partial charge in [-0.15, -0.1) is 0 Å². The molecule has 24 heavy (non-hydrogen) atoms. The molecule has 1 aliphatic heterocycles. The van der Waals surface area contributed by atoms with E-state index in [2.05, 4.69) is 6.07 Å². The summed E-state index contributed by atoms with van der Waals surface area (Å²) >= 11 is 0. The first-order chi connectivity index (χ1) is 11.5. The fourth-order valence-corrected chi connectivity index (χ4v) is 2.73. The normalized spacial score (nSPS) is 14.9. The van der Waals surface area contributed by atoms with Gasteiger partial charge in [-0.3, -0.25) is 4.79 Å². The number of carboxylic acid groups (broad SMARTS) is 1. The molecule has 128 valence electrons. The summed E-state index contributed by atoms with van der Waals surface area (Å²) in [6.07, 6.45) is 1.07. The van der Waals surface area contributed by atoms with E-state index >= 15 is 0 Å². The quantitative estimate of drug-likeness (QED) is 0.897. The lowest BCUT2D eigenvalue weighted by Crippen LogP contribution is -2.46. The third-order valence-electron chi connectivity index (χ3n) is 4.08. The summed E-state index contributed by atoms with van der Waals surface area (Å²) in [5.41, 5.74) is 0.612. The Morgan fingerprint density at radius 3 is 2.67 bits per heavy atom. The van der Waals surface area contributed by atoms with Crippen molar-refractivity contribution in [2.75, 3.05) is 19.6 Å². The predicted octanol–water partition coefficient (Wildman–Crippen LogP) is 2.46. The number of halogens is 1. The SMILES string of the molecule is N#CC1CCN(C(=O)N(CCC(=O)O)Cc2cccc(F)c2)CC1. The van der Waals surface area contributed by atoms with E-state index in [0.29, 0.717) is 31.5 Å². The van der Waals surface area contributed by atoms with E-state index in [1.807, 2.05) is 0 Å². The highest BCUT2D eigenvalue weighted by molar-refractivity contribution is 5.75. The van der Waals surface area contributed by atoms with Gasteiger partial charge >= 0.3 is 12.0 Å². The lowest BCUT2D eigenvalue weighted by molar-refractivity contribution is -0.137. The highest BCUT2D eigenvalue weighted by Crippen LogP contribution is 2.18. The van der Waals surface area contributed by atoms with Crippen LogP contribution in [0, 0.1) is 23.1 Å². The molecular weight excluding hydrogens is 313 g/mol. The summed E-state index contributed by atoms with van der Waals surface area (Å²) < 4.78 is 13.3. The second kappa shape index (κ2) is 8.29. The summed E-state index contributed by atoms with van der Waals surface area (Å²) in [7, 11) is 0. The maximum absolute atomic E-state index is 13.3. The summed E-state index contributed by atoms with van der Waals surface area (Å²) in [4.78, 5) is 26.6. The van der Waals surface area contributed by atoms with Gasteiger partial charge in [0, 0.05) is 32.1 Å². The third-order valence-corrected chi connectivity index (χ3v) is 4.08. The number of benzene rings is 1. The number of hydrogen-bond acceptors (Lipinski definition) is 3. The molecule has 1 heterocycles. The van der Waals surface area contributed by atoms with Crippen molar-refractivity contribution in [2.45, 2.75) is 25.8 Å². The molecule has 0 aliphatic carbocycles. The molecule has 1 aromatic carbocycles. The molecule has 0 atom stereocenters. The van der Waals surface area contributed by atoms with Crippen LogP contribution in [0.15, 0.2) is 24.3 Å². The van der Waals surface area contributed by atoms with Gasteiger partial charge < -0.3 is 14.9 Å². The molecule has 2 rings (SSSR count). The lowest BCUT2D eigenvalue weighted by Gasteiger charge is -2.34. The number of carboxylic acids is 1. The van der Waals surface area contributed by atoms with Crippen molar-refractivity contribution >= 4 is 12.0 Å². The average molecular weight is 333 g/mol. The van der Waals surface area contributed by atoms with Gasteiger partial charge in [0.2, 0.25) is 0 Å². The largest absolute Gasteiger partial charge is 0.481 e. The maximum Gasteiger partial charge on any atom is 0.320 e. The predicted molar refractivity (Wildman–Crippen MR) is 84.4 cm³/mol. The Bertz CT molecular complexity index is 636. The zero-order valence-electron chi connectivity index (χ0n) is 13.3. The van der Waals surface area contributed by atoms with Gasteiger partial charge in [-0.05, 0) is 30.5 Å². The molecule has 0 radical (unpaired) electrons. The number of likely N-dealkylation sites (tertiary alicyclic amines) is 1. The van der Waals surface area contributed by atoms with Crippen LogP contribution in [0.5, 0.6) is 0 Å². The minimum Gasteiger partial charge on any atom is -0.481 e. The van der Waals surface area contributed by atoms with Crippen molar-refractivity contribution in [1.29, 1.82) is 5.26 Å². The average Bonchev–Trinajstić information content (AvgIpc) is 2.58. The van der Waals surface area contributed by atoms with Crippen molar-refractivity contribution in [3.8, 4) is 6.07 Å². The summed E-state index contributed by atoms with van der Waals surface area (Å²) in [5, 5.41) is 17.8. The Morgan fingerprint density at radius 2 is 2.08 bits per heavy atom. The fraction of sp³-hybridized carbons (Fsp3) is 0.471. The molecule has 1 N–H and O–H groups in total. The molecule has 1 aliphatic rings. The van der Waals surface area contributed by atoms with Gasteiger partial charge in [0.25, 0.3) is 0 Å². The number of urea groups is 1. The van der Waals surface area contributed by atoms with Crippen molar-refractivity contribution < 1.29 is 19.1 Å². The van der Waals surface area contributed by atoms with Crippen LogP contribution in [0.4, 0.5) is 9.18 Å². The first-order valence-electron chi connectivity index (χ1n) is 7.89. The van der Waals surface area contributed by atoms with Gasteiger partial charge in [0.05, 0.1) is 12.5 Å². The van der Waals surface area contributed by atoms with E-state index in [1.54, 1.807) is 17.0 Å². The third kappa shape index (κ3) is 4.95. The second-order valence-electron chi connectivity index (χ2n) is 5.87. The number of aliphatic carboxylic acids is 1. The molecule has 0 spiro atoms. The number of hydrogen-bond donors (Lipinski definition) is 1. The van der Waals surface area contributed by atoms with Crippen LogP contribution in [0.1, 0.15) is 24.8 Å². The van der Waals surface area contributed by atoms with E-state index in [1.165, 1.54) is 17.0 Å². The van der Waals surface area contributed by atoms with E-state index in [4.69, 9.17) is 10.4 Å². The van der Waals surface area contributed by atoms with Gasteiger partial charge in [0.15, 0.2) is 0 Å². The van der Waals surface area contributed by atoms with E-state index in [-0.39, 0.29) is 31.5 Å². The highest BCUT2D eigenvalue weighted by Gasteiger charge is 2.26. The fourth-order valence-electron chi connectivity index (χ4n) is 2.73. The molecule has 0 saturated carbocycles. The number of nitriles is 1. The molecule has 2 amide bonds. The standard InChI is InChI=1S/C17H20FN3O3/c18-15-3-1-2-14(10-15)12-21(9-6-16(22)23)17(24)20-7-4-13(11-19)5-8-20/h1-3,10,13H,4-9,12H2,(H,22,23). The molecule has 1 saturated heterocycles. The van der Waals surface area contributed by atoms with E-state index in [0.717, 1.165) is 0 Å². The molecule has 6 nitrogen and oxygen atoms in total. The smallest absolute Gasteiger partial charge is 0.320 e. The van der Waals surface area contributed by atoms with Crippen LogP contribution in [-0.4, -0.2) is 46.5 Å².